The van der Waals surface area contributed by atoms with Crippen molar-refractivity contribution in [3.05, 3.63) is 30.1 Å². The minimum Gasteiger partial charge on any atom is -0.370 e. The minimum atomic E-state index is 0.0959. The molecular weight excluding hydrogens is 224 g/mol. The molecule has 1 atom stereocenters. The molecule has 1 aliphatic carbocycles. The third-order valence-corrected chi connectivity index (χ3v) is 3.39. The molecule has 3 N–H and O–H groups in total. The summed E-state index contributed by atoms with van der Waals surface area (Å²) in [7, 11) is 0. The minimum absolute atomic E-state index is 0.0959. The highest BCUT2D eigenvalue weighted by Crippen LogP contribution is 2.20. The molecule has 4 nitrogen and oxygen atoms in total. The normalized spacial score (nSPS) is 19.5. The predicted octanol–water partition coefficient (Wildman–Crippen LogP) is 2.38. The van der Waals surface area contributed by atoms with Crippen molar-refractivity contribution in [2.75, 3.05) is 0 Å². The average molecular weight is 246 g/mol. The monoisotopic (exact) mass is 246 g/mol. The lowest BCUT2D eigenvalue weighted by molar-refractivity contribution is 0.441. The zero-order valence-electron chi connectivity index (χ0n) is 11.0. The molecule has 0 radical (unpaired) electrons. The lowest BCUT2D eigenvalue weighted by atomic mass is 9.96. The van der Waals surface area contributed by atoms with E-state index in [4.69, 9.17) is 5.73 Å². The molecule has 1 fully saturated rings. The Morgan fingerprint density at radius 2 is 2.17 bits per heavy atom. The standard InChI is InChI=1S/C14H22N4/c1-11(13-9-5-6-10-16-13)17-14(15)18-12-7-3-2-4-8-12/h5-6,9-12H,2-4,7-8H2,1H3,(H3,15,17,18). The summed E-state index contributed by atoms with van der Waals surface area (Å²) in [6.07, 6.45) is 8.01. The Bertz CT molecular complexity index is 382. The second-order valence-electron chi connectivity index (χ2n) is 4.93. The Balaban J connectivity index is 1.90. The fourth-order valence-corrected chi connectivity index (χ4v) is 2.37. The molecule has 0 amide bonds. The first-order valence-corrected chi connectivity index (χ1v) is 6.76. The molecule has 0 aromatic carbocycles. The van der Waals surface area contributed by atoms with Crippen LogP contribution in [-0.4, -0.2) is 17.0 Å². The maximum Gasteiger partial charge on any atom is 0.189 e. The number of aliphatic imine (C=N–C) groups is 1. The molecule has 1 aromatic heterocycles. The Kier molecular flexibility index (Phi) is 4.56. The highest BCUT2D eigenvalue weighted by Gasteiger charge is 2.13. The molecule has 0 bridgehead atoms. The quantitative estimate of drug-likeness (QED) is 0.636. The van der Waals surface area contributed by atoms with Crippen molar-refractivity contribution in [1.82, 2.24) is 10.3 Å². The van der Waals surface area contributed by atoms with E-state index < -0.39 is 0 Å². The van der Waals surface area contributed by atoms with Crippen LogP contribution < -0.4 is 11.1 Å². The topological polar surface area (TPSA) is 63.3 Å². The highest BCUT2D eigenvalue weighted by atomic mass is 15.1. The lowest BCUT2D eigenvalue weighted by Gasteiger charge is -2.20. The fourth-order valence-electron chi connectivity index (χ4n) is 2.37. The van der Waals surface area contributed by atoms with Gasteiger partial charge in [0, 0.05) is 6.20 Å². The van der Waals surface area contributed by atoms with Crippen molar-refractivity contribution in [1.29, 1.82) is 0 Å². The molecule has 18 heavy (non-hydrogen) atoms. The summed E-state index contributed by atoms with van der Waals surface area (Å²) in [6.45, 7) is 2.05. The van der Waals surface area contributed by atoms with Crippen LogP contribution in [0.15, 0.2) is 29.4 Å². The van der Waals surface area contributed by atoms with Gasteiger partial charge in [0.15, 0.2) is 5.96 Å². The first kappa shape index (κ1) is 12.9. The molecule has 0 spiro atoms. The number of pyridine rings is 1. The van der Waals surface area contributed by atoms with Crippen LogP contribution in [0.2, 0.25) is 0 Å². The number of hydrogen-bond donors (Lipinski definition) is 2. The van der Waals surface area contributed by atoms with Gasteiger partial charge in [-0.15, -0.1) is 0 Å². The van der Waals surface area contributed by atoms with Crippen molar-refractivity contribution in [3.63, 3.8) is 0 Å². The van der Waals surface area contributed by atoms with E-state index in [0.29, 0.717) is 12.0 Å². The van der Waals surface area contributed by atoms with E-state index in [2.05, 4.69) is 15.3 Å². The molecule has 98 valence electrons. The zero-order valence-corrected chi connectivity index (χ0v) is 11.0. The molecule has 1 unspecified atom stereocenters. The Hall–Kier alpha value is -1.58. The first-order valence-electron chi connectivity index (χ1n) is 6.76. The van der Waals surface area contributed by atoms with Gasteiger partial charge in [-0.3, -0.25) is 9.98 Å². The Labute approximate surface area is 109 Å². The highest BCUT2D eigenvalue weighted by molar-refractivity contribution is 5.78. The molecule has 4 heteroatoms. The summed E-state index contributed by atoms with van der Waals surface area (Å²) in [5, 5.41) is 3.21. The summed E-state index contributed by atoms with van der Waals surface area (Å²) >= 11 is 0. The molecule has 0 aliphatic heterocycles. The molecular formula is C14H22N4. The van der Waals surface area contributed by atoms with Crippen LogP contribution in [0.25, 0.3) is 0 Å². The van der Waals surface area contributed by atoms with Gasteiger partial charge in [-0.05, 0) is 31.9 Å². The smallest absolute Gasteiger partial charge is 0.189 e. The van der Waals surface area contributed by atoms with E-state index in [-0.39, 0.29) is 6.04 Å². The maximum absolute atomic E-state index is 5.95. The van der Waals surface area contributed by atoms with E-state index in [0.717, 1.165) is 5.69 Å². The largest absolute Gasteiger partial charge is 0.370 e. The van der Waals surface area contributed by atoms with Crippen LogP contribution in [0.5, 0.6) is 0 Å². The third kappa shape index (κ3) is 3.72. The van der Waals surface area contributed by atoms with E-state index in [9.17, 15) is 0 Å². The zero-order chi connectivity index (χ0) is 12.8. The van der Waals surface area contributed by atoms with E-state index in [1.54, 1.807) is 6.20 Å². The number of nitrogens with two attached hydrogens (primary N) is 1. The second-order valence-corrected chi connectivity index (χ2v) is 4.93. The molecule has 1 heterocycles. The van der Waals surface area contributed by atoms with Crippen LogP contribution >= 0.6 is 0 Å². The lowest BCUT2D eigenvalue weighted by Crippen LogP contribution is -2.35. The SMILES string of the molecule is CC(NC(N)=NC1CCCCC1)c1ccccn1. The van der Waals surface area contributed by atoms with Crippen LogP contribution in [0.1, 0.15) is 50.8 Å². The summed E-state index contributed by atoms with van der Waals surface area (Å²) < 4.78 is 0. The summed E-state index contributed by atoms with van der Waals surface area (Å²) in [5.41, 5.74) is 6.94. The van der Waals surface area contributed by atoms with E-state index in [1.807, 2.05) is 25.1 Å². The summed E-state index contributed by atoms with van der Waals surface area (Å²) in [5.74, 6) is 0.542. The van der Waals surface area contributed by atoms with Gasteiger partial charge in [-0.1, -0.05) is 25.3 Å². The first-order chi connectivity index (χ1) is 8.75. The van der Waals surface area contributed by atoms with Crippen molar-refractivity contribution in [3.8, 4) is 0 Å². The van der Waals surface area contributed by atoms with E-state index in [1.165, 1.54) is 32.1 Å². The number of aromatic nitrogens is 1. The van der Waals surface area contributed by atoms with E-state index >= 15 is 0 Å². The van der Waals surface area contributed by atoms with Crippen molar-refractivity contribution in [2.45, 2.75) is 51.1 Å². The molecule has 1 aliphatic rings. The maximum atomic E-state index is 5.95. The van der Waals surface area contributed by atoms with Gasteiger partial charge in [0.25, 0.3) is 0 Å². The van der Waals surface area contributed by atoms with Gasteiger partial charge >= 0.3 is 0 Å². The van der Waals surface area contributed by atoms with Crippen LogP contribution in [0.3, 0.4) is 0 Å². The molecule has 1 aromatic rings. The van der Waals surface area contributed by atoms with Crippen LogP contribution in [0.4, 0.5) is 0 Å². The second kappa shape index (κ2) is 6.38. The molecule has 1 saturated carbocycles. The van der Waals surface area contributed by atoms with Gasteiger partial charge in [0.1, 0.15) is 0 Å². The van der Waals surface area contributed by atoms with Gasteiger partial charge in [-0.25, -0.2) is 0 Å². The molecule has 2 rings (SSSR count). The van der Waals surface area contributed by atoms with Crippen molar-refractivity contribution in [2.24, 2.45) is 10.7 Å². The van der Waals surface area contributed by atoms with Gasteiger partial charge < -0.3 is 11.1 Å². The number of nitrogens with one attached hydrogen (secondary N) is 1. The summed E-state index contributed by atoms with van der Waals surface area (Å²) in [4.78, 5) is 8.86. The molecule has 0 saturated heterocycles. The Morgan fingerprint density at radius 1 is 1.39 bits per heavy atom. The van der Waals surface area contributed by atoms with Crippen LogP contribution in [-0.2, 0) is 0 Å². The van der Waals surface area contributed by atoms with Crippen molar-refractivity contribution >= 4 is 5.96 Å². The fraction of sp³-hybridized carbons (Fsp3) is 0.571. The van der Waals surface area contributed by atoms with Gasteiger partial charge in [-0.2, -0.15) is 0 Å². The number of nitrogens with zero attached hydrogens (tertiary/aromatic N) is 2. The van der Waals surface area contributed by atoms with Gasteiger partial charge in [0.2, 0.25) is 0 Å². The number of rotatable bonds is 3. The van der Waals surface area contributed by atoms with Crippen molar-refractivity contribution < 1.29 is 0 Å². The number of guanidine groups is 1. The Morgan fingerprint density at radius 3 is 2.83 bits per heavy atom. The van der Waals surface area contributed by atoms with Crippen LogP contribution in [0, 0.1) is 0 Å². The van der Waals surface area contributed by atoms with Gasteiger partial charge in [0.05, 0.1) is 17.8 Å². The third-order valence-electron chi connectivity index (χ3n) is 3.39. The summed E-state index contributed by atoms with van der Waals surface area (Å²) in [6, 6.07) is 6.39. The average Bonchev–Trinajstić information content (AvgIpc) is 2.40. The predicted molar refractivity (Wildman–Crippen MR) is 74.3 cm³/mol. The number of hydrogen-bond acceptors (Lipinski definition) is 2.